The van der Waals surface area contributed by atoms with Crippen LogP contribution in [0.4, 0.5) is 0 Å². The first-order chi connectivity index (χ1) is 12.5. The molecule has 1 aromatic carbocycles. The normalized spacial score (nSPS) is 10.3. The van der Waals surface area contributed by atoms with E-state index in [0.717, 1.165) is 5.75 Å². The van der Waals surface area contributed by atoms with E-state index in [0.29, 0.717) is 29.2 Å². The average molecular weight is 361 g/mol. The lowest BCUT2D eigenvalue weighted by atomic mass is 10.1. The molecule has 0 aliphatic rings. The minimum Gasteiger partial charge on any atom is -0.494 e. The monoisotopic (exact) mass is 361 g/mol. The van der Waals surface area contributed by atoms with Crippen molar-refractivity contribution < 1.29 is 28.5 Å². The van der Waals surface area contributed by atoms with E-state index in [4.69, 9.17) is 18.9 Å². The van der Waals surface area contributed by atoms with Crippen LogP contribution in [0.15, 0.2) is 24.3 Å². The topological polar surface area (TPSA) is 86.9 Å². The summed E-state index contributed by atoms with van der Waals surface area (Å²) in [5.41, 5.74) is 1.66. The molecular formula is C19H23NO6. The van der Waals surface area contributed by atoms with Crippen LogP contribution in [0.3, 0.4) is 0 Å². The van der Waals surface area contributed by atoms with Crippen molar-refractivity contribution in [2.45, 2.75) is 20.8 Å². The summed E-state index contributed by atoms with van der Waals surface area (Å²) in [7, 11) is 1.30. The van der Waals surface area contributed by atoms with Crippen LogP contribution in [-0.4, -0.2) is 43.9 Å². The van der Waals surface area contributed by atoms with E-state index in [1.165, 1.54) is 7.11 Å². The molecule has 140 valence electrons. The van der Waals surface area contributed by atoms with Crippen LogP contribution in [0.25, 0.3) is 0 Å². The Balaban J connectivity index is 1.86. The summed E-state index contributed by atoms with van der Waals surface area (Å²) in [6.07, 6.45) is 0. The highest BCUT2D eigenvalue weighted by molar-refractivity contribution is 5.98. The fraction of sp³-hybridized carbons (Fsp3) is 0.368. The van der Waals surface area contributed by atoms with Crippen LogP contribution in [0.5, 0.6) is 11.5 Å². The van der Waals surface area contributed by atoms with E-state index in [-0.39, 0.29) is 18.9 Å². The highest BCUT2D eigenvalue weighted by atomic mass is 16.6. The predicted octanol–water partition coefficient (Wildman–Crippen LogP) is 3.05. The van der Waals surface area contributed by atoms with Crippen molar-refractivity contribution in [1.82, 2.24) is 4.98 Å². The number of H-pyrrole nitrogens is 1. The minimum absolute atomic E-state index is 0.0805. The molecule has 7 heteroatoms. The summed E-state index contributed by atoms with van der Waals surface area (Å²) in [6, 6.07) is 7.19. The highest BCUT2D eigenvalue weighted by Crippen LogP contribution is 2.20. The Hall–Kier alpha value is -2.96. The van der Waals surface area contributed by atoms with Gasteiger partial charge in [0.2, 0.25) is 0 Å². The number of carbonyl (C=O) groups is 2. The molecule has 0 unspecified atom stereocenters. The van der Waals surface area contributed by atoms with Crippen LogP contribution in [-0.2, 0) is 9.47 Å². The smallest absolute Gasteiger partial charge is 0.355 e. The Labute approximate surface area is 152 Å². The second-order valence-electron chi connectivity index (χ2n) is 5.51. The van der Waals surface area contributed by atoms with E-state index in [9.17, 15) is 9.59 Å². The zero-order valence-electron chi connectivity index (χ0n) is 15.4. The van der Waals surface area contributed by atoms with Crippen molar-refractivity contribution in [3.05, 3.63) is 46.8 Å². The molecule has 2 rings (SSSR count). The molecule has 2 aromatic rings. The number of hydrogen-bond acceptors (Lipinski definition) is 6. The number of nitrogens with one attached hydrogen (secondary N) is 1. The van der Waals surface area contributed by atoms with Gasteiger partial charge in [-0.25, -0.2) is 9.59 Å². The van der Waals surface area contributed by atoms with Crippen LogP contribution in [0.1, 0.15) is 39.0 Å². The summed E-state index contributed by atoms with van der Waals surface area (Å²) in [5, 5.41) is 0. The Morgan fingerprint density at radius 1 is 0.962 bits per heavy atom. The summed E-state index contributed by atoms with van der Waals surface area (Å²) in [5.74, 6) is 0.389. The summed E-state index contributed by atoms with van der Waals surface area (Å²) in [6.45, 7) is 6.18. The number of methoxy groups -OCH3 is 1. The van der Waals surface area contributed by atoms with Gasteiger partial charge < -0.3 is 23.9 Å². The van der Waals surface area contributed by atoms with Gasteiger partial charge in [0.05, 0.1) is 19.3 Å². The molecule has 0 aliphatic carbocycles. The molecule has 0 aliphatic heterocycles. The van der Waals surface area contributed by atoms with Crippen molar-refractivity contribution in [3.8, 4) is 11.5 Å². The number of benzene rings is 1. The minimum atomic E-state index is -0.545. The Bertz CT molecular complexity index is 763. The van der Waals surface area contributed by atoms with Gasteiger partial charge in [0.1, 0.15) is 30.4 Å². The molecule has 1 aromatic heterocycles. The van der Waals surface area contributed by atoms with E-state index in [2.05, 4.69) is 4.98 Å². The number of aromatic nitrogens is 1. The molecule has 0 radical (unpaired) electrons. The van der Waals surface area contributed by atoms with Crippen LogP contribution in [0, 0.1) is 13.8 Å². The number of carbonyl (C=O) groups excluding carboxylic acids is 2. The van der Waals surface area contributed by atoms with E-state index >= 15 is 0 Å². The van der Waals surface area contributed by atoms with Gasteiger partial charge in [-0.1, -0.05) is 0 Å². The lowest BCUT2D eigenvalue weighted by molar-refractivity contribution is 0.0443. The van der Waals surface area contributed by atoms with Crippen LogP contribution < -0.4 is 9.47 Å². The molecule has 0 bridgehead atoms. The standard InChI is InChI=1S/C19H23NO6/c1-5-24-14-6-8-15(9-7-14)25-10-11-26-19(22)17-12(2)16(13(3)20-17)18(21)23-4/h6-9,20H,5,10-11H2,1-4H3. The fourth-order valence-electron chi connectivity index (χ4n) is 2.53. The molecule has 0 atom stereocenters. The van der Waals surface area contributed by atoms with Gasteiger partial charge in [-0.15, -0.1) is 0 Å². The average Bonchev–Trinajstić information content (AvgIpc) is 2.94. The lowest BCUT2D eigenvalue weighted by Crippen LogP contribution is -2.13. The van der Waals surface area contributed by atoms with E-state index in [1.54, 1.807) is 26.0 Å². The van der Waals surface area contributed by atoms with Crippen molar-refractivity contribution in [2.24, 2.45) is 0 Å². The number of aryl methyl sites for hydroxylation is 1. The maximum atomic E-state index is 12.2. The van der Waals surface area contributed by atoms with Gasteiger partial charge in [0.15, 0.2) is 0 Å². The second-order valence-corrected chi connectivity index (χ2v) is 5.51. The first kappa shape index (κ1) is 19.4. The van der Waals surface area contributed by atoms with Gasteiger partial charge >= 0.3 is 11.9 Å². The molecule has 0 saturated carbocycles. The van der Waals surface area contributed by atoms with E-state index < -0.39 is 11.9 Å². The Kier molecular flexibility index (Phi) is 6.66. The summed E-state index contributed by atoms with van der Waals surface area (Å²) in [4.78, 5) is 26.8. The molecule has 0 spiro atoms. The zero-order valence-corrected chi connectivity index (χ0v) is 15.4. The highest BCUT2D eigenvalue weighted by Gasteiger charge is 2.23. The van der Waals surface area contributed by atoms with Gasteiger partial charge in [-0.2, -0.15) is 0 Å². The number of ether oxygens (including phenoxy) is 4. The molecular weight excluding hydrogens is 338 g/mol. The van der Waals surface area contributed by atoms with Crippen LogP contribution >= 0.6 is 0 Å². The first-order valence-electron chi connectivity index (χ1n) is 8.28. The summed E-state index contributed by atoms with van der Waals surface area (Å²) >= 11 is 0. The predicted molar refractivity (Wildman–Crippen MR) is 95.0 cm³/mol. The molecule has 1 N–H and O–H groups in total. The summed E-state index contributed by atoms with van der Waals surface area (Å²) < 4.78 is 20.8. The van der Waals surface area contributed by atoms with Gasteiger partial charge in [-0.05, 0) is 50.6 Å². The third kappa shape index (κ3) is 4.56. The quantitative estimate of drug-likeness (QED) is 0.574. The van der Waals surface area contributed by atoms with Crippen molar-refractivity contribution in [3.63, 3.8) is 0 Å². The maximum Gasteiger partial charge on any atom is 0.355 e. The largest absolute Gasteiger partial charge is 0.494 e. The molecule has 26 heavy (non-hydrogen) atoms. The van der Waals surface area contributed by atoms with Crippen molar-refractivity contribution in [1.29, 1.82) is 0 Å². The second kappa shape index (κ2) is 8.94. The number of esters is 2. The molecule has 0 saturated heterocycles. The number of hydrogen-bond donors (Lipinski definition) is 1. The lowest BCUT2D eigenvalue weighted by Gasteiger charge is -2.08. The fourth-order valence-corrected chi connectivity index (χ4v) is 2.53. The number of rotatable bonds is 8. The van der Waals surface area contributed by atoms with Gasteiger partial charge in [-0.3, -0.25) is 0 Å². The third-order valence-corrected chi connectivity index (χ3v) is 3.75. The number of aromatic amines is 1. The SMILES string of the molecule is CCOc1ccc(OCCOC(=O)c2[nH]c(C)c(C(=O)OC)c2C)cc1. The zero-order chi connectivity index (χ0) is 19.1. The molecule has 0 fully saturated rings. The molecule has 1 heterocycles. The maximum absolute atomic E-state index is 12.2. The van der Waals surface area contributed by atoms with Crippen molar-refractivity contribution >= 4 is 11.9 Å². The Morgan fingerprint density at radius 2 is 1.58 bits per heavy atom. The van der Waals surface area contributed by atoms with E-state index in [1.807, 2.05) is 19.1 Å². The molecule has 0 amide bonds. The Morgan fingerprint density at radius 3 is 2.15 bits per heavy atom. The molecule has 7 nitrogen and oxygen atoms in total. The van der Waals surface area contributed by atoms with Gasteiger partial charge in [0.25, 0.3) is 0 Å². The third-order valence-electron chi connectivity index (χ3n) is 3.75. The van der Waals surface area contributed by atoms with Crippen LogP contribution in [0.2, 0.25) is 0 Å². The van der Waals surface area contributed by atoms with Crippen molar-refractivity contribution in [2.75, 3.05) is 26.9 Å². The van der Waals surface area contributed by atoms with Gasteiger partial charge in [0, 0.05) is 5.69 Å². The first-order valence-corrected chi connectivity index (χ1v) is 8.28.